The van der Waals surface area contributed by atoms with Gasteiger partial charge in [-0.05, 0) is 12.1 Å². The molecule has 4 nitrogen and oxygen atoms in total. The highest BCUT2D eigenvalue weighted by Crippen LogP contribution is 2.28. The minimum Gasteiger partial charge on any atom is -0.369 e. The third-order valence-corrected chi connectivity index (χ3v) is 3.10. The SMILES string of the molecule is FC(F)(F)CCNc1nc2cnccc2c2cnccc12. The van der Waals surface area contributed by atoms with Gasteiger partial charge in [0.2, 0.25) is 0 Å². The smallest absolute Gasteiger partial charge is 0.369 e. The van der Waals surface area contributed by atoms with Crippen molar-refractivity contribution in [2.24, 2.45) is 0 Å². The molecule has 7 heteroatoms. The van der Waals surface area contributed by atoms with E-state index in [4.69, 9.17) is 0 Å². The molecule has 0 amide bonds. The van der Waals surface area contributed by atoms with Gasteiger partial charge in [0, 0.05) is 41.3 Å². The third kappa shape index (κ3) is 2.86. The van der Waals surface area contributed by atoms with Crippen molar-refractivity contribution in [3.8, 4) is 0 Å². The molecule has 3 aromatic heterocycles. The van der Waals surface area contributed by atoms with Crippen LogP contribution in [0.25, 0.3) is 21.7 Å². The summed E-state index contributed by atoms with van der Waals surface area (Å²) in [4.78, 5) is 12.4. The second-order valence-electron chi connectivity index (χ2n) is 4.57. The first-order valence-corrected chi connectivity index (χ1v) is 6.33. The highest BCUT2D eigenvalue weighted by Gasteiger charge is 2.26. The van der Waals surface area contributed by atoms with Crippen LogP contribution in [0.4, 0.5) is 19.0 Å². The van der Waals surface area contributed by atoms with Crippen molar-refractivity contribution in [3.63, 3.8) is 0 Å². The molecule has 0 saturated heterocycles. The average Bonchev–Trinajstić information content (AvgIpc) is 2.46. The lowest BCUT2D eigenvalue weighted by Crippen LogP contribution is -2.15. The molecule has 1 N–H and O–H groups in total. The van der Waals surface area contributed by atoms with Crippen molar-refractivity contribution in [2.75, 3.05) is 11.9 Å². The van der Waals surface area contributed by atoms with E-state index >= 15 is 0 Å². The fraction of sp³-hybridized carbons (Fsp3) is 0.214. The standard InChI is InChI=1S/C14H11F3N4/c15-14(16,17)3-6-20-13-10-2-5-18-7-11(10)9-1-4-19-8-12(9)21-13/h1-2,4-5,7-8H,3,6H2,(H,20,21). The lowest BCUT2D eigenvalue weighted by molar-refractivity contribution is -0.131. The summed E-state index contributed by atoms with van der Waals surface area (Å²) >= 11 is 0. The van der Waals surface area contributed by atoms with Gasteiger partial charge in [-0.25, -0.2) is 4.98 Å². The van der Waals surface area contributed by atoms with Gasteiger partial charge in [0.05, 0.1) is 18.1 Å². The van der Waals surface area contributed by atoms with Gasteiger partial charge in [-0.15, -0.1) is 0 Å². The van der Waals surface area contributed by atoms with Crippen molar-refractivity contribution in [1.82, 2.24) is 15.0 Å². The van der Waals surface area contributed by atoms with Crippen LogP contribution in [0, 0.1) is 0 Å². The minimum atomic E-state index is -4.19. The number of halogens is 3. The zero-order valence-corrected chi connectivity index (χ0v) is 10.9. The van der Waals surface area contributed by atoms with Crippen LogP contribution in [0.15, 0.2) is 36.9 Å². The Bertz CT molecular complexity index is 786. The fourth-order valence-corrected chi connectivity index (χ4v) is 2.16. The molecule has 0 unspecified atom stereocenters. The Morgan fingerprint density at radius 2 is 1.67 bits per heavy atom. The molecule has 0 bridgehead atoms. The van der Waals surface area contributed by atoms with Gasteiger partial charge in [0.25, 0.3) is 0 Å². The Kier molecular flexibility index (Phi) is 3.32. The maximum absolute atomic E-state index is 12.2. The largest absolute Gasteiger partial charge is 0.390 e. The van der Waals surface area contributed by atoms with Crippen LogP contribution in [0.5, 0.6) is 0 Å². The van der Waals surface area contributed by atoms with Crippen LogP contribution in [0.2, 0.25) is 0 Å². The Hall–Kier alpha value is -2.44. The van der Waals surface area contributed by atoms with Crippen molar-refractivity contribution in [3.05, 3.63) is 36.9 Å². The van der Waals surface area contributed by atoms with Gasteiger partial charge in [-0.3, -0.25) is 9.97 Å². The van der Waals surface area contributed by atoms with Crippen LogP contribution in [0.3, 0.4) is 0 Å². The molecule has 3 rings (SSSR count). The molecule has 3 heterocycles. The Morgan fingerprint density at radius 1 is 0.952 bits per heavy atom. The van der Waals surface area contributed by atoms with Gasteiger partial charge in [-0.2, -0.15) is 13.2 Å². The van der Waals surface area contributed by atoms with Crippen LogP contribution in [0.1, 0.15) is 6.42 Å². The summed E-state index contributed by atoms with van der Waals surface area (Å²) < 4.78 is 36.7. The summed E-state index contributed by atoms with van der Waals surface area (Å²) in [6.45, 7) is -0.223. The van der Waals surface area contributed by atoms with Crippen LogP contribution in [-0.4, -0.2) is 27.7 Å². The van der Waals surface area contributed by atoms with E-state index in [1.807, 2.05) is 6.07 Å². The molecule has 0 fully saturated rings. The average molecular weight is 292 g/mol. The van der Waals surface area contributed by atoms with Gasteiger partial charge in [-0.1, -0.05) is 0 Å². The molecule has 0 atom stereocenters. The Morgan fingerprint density at radius 3 is 2.43 bits per heavy atom. The van der Waals surface area contributed by atoms with E-state index in [1.165, 1.54) is 0 Å². The maximum Gasteiger partial charge on any atom is 0.390 e. The summed E-state index contributed by atoms with van der Waals surface area (Å²) in [5.41, 5.74) is 0.618. The summed E-state index contributed by atoms with van der Waals surface area (Å²) in [6.07, 6.45) is 1.39. The summed E-state index contributed by atoms with van der Waals surface area (Å²) in [7, 11) is 0. The Balaban J connectivity index is 2.04. The van der Waals surface area contributed by atoms with Gasteiger partial charge < -0.3 is 5.32 Å². The number of aromatic nitrogens is 3. The predicted molar refractivity (Wildman–Crippen MR) is 74.0 cm³/mol. The molecule has 108 valence electrons. The molecule has 0 aliphatic heterocycles. The van der Waals surface area contributed by atoms with E-state index in [-0.39, 0.29) is 6.54 Å². The lowest BCUT2D eigenvalue weighted by atomic mass is 10.1. The van der Waals surface area contributed by atoms with Crippen molar-refractivity contribution < 1.29 is 13.2 Å². The number of nitrogens with zero attached hydrogens (tertiary/aromatic N) is 3. The zero-order chi connectivity index (χ0) is 14.9. The molecule has 21 heavy (non-hydrogen) atoms. The van der Waals surface area contributed by atoms with Crippen molar-refractivity contribution in [1.29, 1.82) is 0 Å². The van der Waals surface area contributed by atoms with E-state index in [0.29, 0.717) is 11.3 Å². The number of fused-ring (bicyclic) bond motifs is 3. The number of anilines is 1. The zero-order valence-electron chi connectivity index (χ0n) is 10.9. The first-order chi connectivity index (χ1) is 10.0. The fourth-order valence-electron chi connectivity index (χ4n) is 2.16. The van der Waals surface area contributed by atoms with Crippen LogP contribution in [-0.2, 0) is 0 Å². The number of hydrogen-bond acceptors (Lipinski definition) is 4. The molecular formula is C14H11F3N4. The van der Waals surface area contributed by atoms with E-state index in [1.54, 1.807) is 30.9 Å². The normalized spacial score (nSPS) is 12.0. The highest BCUT2D eigenvalue weighted by molar-refractivity contribution is 6.09. The van der Waals surface area contributed by atoms with Crippen molar-refractivity contribution in [2.45, 2.75) is 12.6 Å². The summed E-state index contributed by atoms with van der Waals surface area (Å²) in [5, 5.41) is 5.19. The van der Waals surface area contributed by atoms with E-state index in [0.717, 1.165) is 16.2 Å². The lowest BCUT2D eigenvalue weighted by Gasteiger charge is -2.12. The van der Waals surface area contributed by atoms with Crippen molar-refractivity contribution >= 4 is 27.5 Å². The van der Waals surface area contributed by atoms with Gasteiger partial charge >= 0.3 is 6.18 Å². The molecule has 0 aliphatic rings. The molecule has 0 radical (unpaired) electrons. The molecule has 0 aromatic carbocycles. The first kappa shape index (κ1) is 13.5. The first-order valence-electron chi connectivity index (χ1n) is 6.33. The number of rotatable bonds is 3. The maximum atomic E-state index is 12.2. The van der Waals surface area contributed by atoms with Gasteiger partial charge in [0.1, 0.15) is 5.82 Å². The second kappa shape index (κ2) is 5.16. The molecular weight excluding hydrogens is 281 g/mol. The van der Waals surface area contributed by atoms with Crippen LogP contribution < -0.4 is 5.32 Å². The topological polar surface area (TPSA) is 50.7 Å². The highest BCUT2D eigenvalue weighted by atomic mass is 19.4. The third-order valence-electron chi connectivity index (χ3n) is 3.10. The number of pyridine rings is 3. The molecule has 0 aliphatic carbocycles. The van der Waals surface area contributed by atoms with Gasteiger partial charge in [0.15, 0.2) is 0 Å². The van der Waals surface area contributed by atoms with Crippen LogP contribution >= 0.6 is 0 Å². The monoisotopic (exact) mass is 292 g/mol. The molecule has 0 saturated carbocycles. The van der Waals surface area contributed by atoms with E-state index in [9.17, 15) is 13.2 Å². The second-order valence-corrected chi connectivity index (χ2v) is 4.57. The predicted octanol–water partition coefficient (Wildman–Crippen LogP) is 3.54. The number of hydrogen-bond donors (Lipinski definition) is 1. The molecule has 3 aromatic rings. The summed E-state index contributed by atoms with van der Waals surface area (Å²) in [5.74, 6) is 0.414. The Labute approximate surface area is 118 Å². The summed E-state index contributed by atoms with van der Waals surface area (Å²) in [6, 6.07) is 3.55. The van der Waals surface area contributed by atoms with E-state index < -0.39 is 12.6 Å². The molecule has 0 spiro atoms. The number of alkyl halides is 3. The quantitative estimate of drug-likeness (QED) is 0.750. The van der Waals surface area contributed by atoms with E-state index in [2.05, 4.69) is 20.3 Å². The minimum absolute atomic E-state index is 0.223. The number of nitrogens with one attached hydrogen (secondary N) is 1.